The van der Waals surface area contributed by atoms with Gasteiger partial charge in [-0.1, -0.05) is 13.8 Å². The highest BCUT2D eigenvalue weighted by atomic mass is 16.6. The molecule has 0 radical (unpaired) electrons. The Morgan fingerprint density at radius 2 is 1.75 bits per heavy atom. The molecule has 0 aliphatic heterocycles. The number of hydrogen-bond acceptors (Lipinski definition) is 5. The lowest BCUT2D eigenvalue weighted by Gasteiger charge is -2.22. The summed E-state index contributed by atoms with van der Waals surface area (Å²) >= 11 is 0. The Labute approximate surface area is 95.7 Å². The van der Waals surface area contributed by atoms with E-state index in [4.69, 9.17) is 4.74 Å². The molecule has 0 spiro atoms. The van der Waals surface area contributed by atoms with Crippen molar-refractivity contribution in [3.8, 4) is 0 Å². The molecular weight excluding hydrogens is 212 g/mol. The van der Waals surface area contributed by atoms with Crippen LogP contribution in [0.2, 0.25) is 0 Å². The summed E-state index contributed by atoms with van der Waals surface area (Å²) in [6, 6.07) is -0.705. The molecular formula is C10H20N2O4. The van der Waals surface area contributed by atoms with Gasteiger partial charge in [0.15, 0.2) is 0 Å². The molecule has 0 aromatic carbocycles. The van der Waals surface area contributed by atoms with Crippen LogP contribution in [-0.2, 0) is 14.3 Å². The second kappa shape index (κ2) is 7.05. The summed E-state index contributed by atoms with van der Waals surface area (Å²) in [6.45, 7) is 5.32. The second-order valence-corrected chi connectivity index (χ2v) is 3.73. The van der Waals surface area contributed by atoms with Crippen LogP contribution in [0.15, 0.2) is 0 Å². The summed E-state index contributed by atoms with van der Waals surface area (Å²) in [6.07, 6.45) is -1.04. The van der Waals surface area contributed by atoms with Gasteiger partial charge in [-0.3, -0.25) is 5.32 Å². The fourth-order valence-electron chi connectivity index (χ4n) is 0.990. The van der Waals surface area contributed by atoms with E-state index in [9.17, 15) is 9.59 Å². The fraction of sp³-hybridized carbons (Fsp3) is 0.800. The van der Waals surface area contributed by atoms with Crippen molar-refractivity contribution in [3.05, 3.63) is 0 Å². The van der Waals surface area contributed by atoms with Crippen LogP contribution in [0.25, 0.3) is 0 Å². The third-order valence-corrected chi connectivity index (χ3v) is 2.08. The molecule has 2 N–H and O–H groups in total. The normalized spacial score (nSPS) is 14.1. The third kappa shape index (κ3) is 4.97. The lowest BCUT2D eigenvalue weighted by atomic mass is 10.1. The van der Waals surface area contributed by atoms with Gasteiger partial charge in [0, 0.05) is 0 Å². The van der Waals surface area contributed by atoms with Crippen LogP contribution in [0.1, 0.15) is 20.8 Å². The summed E-state index contributed by atoms with van der Waals surface area (Å²) in [5.74, 6) is -0.557. The zero-order valence-electron chi connectivity index (χ0n) is 10.4. The maximum absolute atomic E-state index is 11.7. The van der Waals surface area contributed by atoms with Crippen molar-refractivity contribution < 1.29 is 19.1 Å². The maximum Gasteiger partial charge on any atom is 0.407 e. The first-order valence-corrected chi connectivity index (χ1v) is 5.14. The molecule has 2 atom stereocenters. The van der Waals surface area contributed by atoms with E-state index in [1.54, 1.807) is 14.0 Å². The van der Waals surface area contributed by atoms with Gasteiger partial charge in [0.25, 0.3) is 0 Å². The van der Waals surface area contributed by atoms with Gasteiger partial charge >= 0.3 is 12.1 Å². The smallest absolute Gasteiger partial charge is 0.407 e. The molecule has 0 aromatic rings. The van der Waals surface area contributed by atoms with Crippen LogP contribution in [0.5, 0.6) is 0 Å². The van der Waals surface area contributed by atoms with Gasteiger partial charge in [-0.25, -0.2) is 9.59 Å². The van der Waals surface area contributed by atoms with Gasteiger partial charge in [-0.15, -0.1) is 0 Å². The van der Waals surface area contributed by atoms with E-state index in [1.165, 1.54) is 7.11 Å². The number of amides is 1. The van der Waals surface area contributed by atoms with E-state index in [1.807, 2.05) is 13.8 Å². The average molecular weight is 232 g/mol. The van der Waals surface area contributed by atoms with Gasteiger partial charge < -0.3 is 14.8 Å². The molecule has 0 bridgehead atoms. The minimum Gasteiger partial charge on any atom is -0.453 e. The Kier molecular flexibility index (Phi) is 6.48. The number of carbonyl (C=O) groups excluding carboxylic acids is 2. The molecule has 0 saturated heterocycles. The summed E-state index contributed by atoms with van der Waals surface area (Å²) in [7, 11) is 2.92. The van der Waals surface area contributed by atoms with Crippen molar-refractivity contribution in [1.82, 2.24) is 10.6 Å². The van der Waals surface area contributed by atoms with E-state index in [2.05, 4.69) is 15.4 Å². The zero-order chi connectivity index (χ0) is 12.7. The molecule has 6 nitrogen and oxygen atoms in total. The Hall–Kier alpha value is -1.30. The van der Waals surface area contributed by atoms with Gasteiger partial charge in [-0.05, 0) is 19.9 Å². The molecule has 0 aromatic heterocycles. The van der Waals surface area contributed by atoms with E-state index < -0.39 is 24.3 Å². The molecule has 0 saturated carbocycles. The van der Waals surface area contributed by atoms with E-state index in [0.29, 0.717) is 0 Å². The highest BCUT2D eigenvalue weighted by molar-refractivity contribution is 5.81. The first kappa shape index (κ1) is 14.7. The lowest BCUT2D eigenvalue weighted by Crippen LogP contribution is -2.47. The number of rotatable bonds is 5. The monoisotopic (exact) mass is 232 g/mol. The van der Waals surface area contributed by atoms with Gasteiger partial charge in [-0.2, -0.15) is 0 Å². The van der Waals surface area contributed by atoms with Gasteiger partial charge in [0.2, 0.25) is 0 Å². The number of nitrogens with one attached hydrogen (secondary N) is 2. The SMILES string of the molecule is CNC(C)OC(=O)C(NC(=O)OC)C(C)C. The number of methoxy groups -OCH3 is 1. The first-order valence-electron chi connectivity index (χ1n) is 5.14. The van der Waals surface area contributed by atoms with Crippen molar-refractivity contribution in [2.75, 3.05) is 14.2 Å². The van der Waals surface area contributed by atoms with Gasteiger partial charge in [0.05, 0.1) is 7.11 Å². The number of carbonyl (C=O) groups is 2. The number of esters is 1. The number of hydrogen-bond donors (Lipinski definition) is 2. The molecule has 0 aliphatic carbocycles. The molecule has 2 unspecified atom stereocenters. The number of ether oxygens (including phenoxy) is 2. The Morgan fingerprint density at radius 1 is 1.19 bits per heavy atom. The summed E-state index contributed by atoms with van der Waals surface area (Å²) < 4.78 is 9.49. The zero-order valence-corrected chi connectivity index (χ0v) is 10.4. The summed E-state index contributed by atoms with van der Waals surface area (Å²) in [5, 5.41) is 5.20. The summed E-state index contributed by atoms with van der Waals surface area (Å²) in [4.78, 5) is 22.7. The first-order chi connectivity index (χ1) is 7.42. The highest BCUT2D eigenvalue weighted by Crippen LogP contribution is 2.05. The van der Waals surface area contributed by atoms with E-state index >= 15 is 0 Å². The fourth-order valence-corrected chi connectivity index (χ4v) is 0.990. The van der Waals surface area contributed by atoms with Crippen molar-refractivity contribution in [3.63, 3.8) is 0 Å². The molecule has 6 heteroatoms. The molecule has 94 valence electrons. The minimum absolute atomic E-state index is 0.0735. The van der Waals surface area contributed by atoms with Crippen molar-refractivity contribution in [2.45, 2.75) is 33.0 Å². The van der Waals surface area contributed by atoms with Crippen molar-refractivity contribution >= 4 is 12.1 Å². The van der Waals surface area contributed by atoms with Crippen molar-refractivity contribution in [1.29, 1.82) is 0 Å². The van der Waals surface area contributed by atoms with Gasteiger partial charge in [0.1, 0.15) is 12.3 Å². The standard InChI is InChI=1S/C10H20N2O4/c1-6(2)8(12-10(14)15-5)9(13)16-7(3)11-4/h6-8,11H,1-5H3,(H,12,14). The van der Waals surface area contributed by atoms with Crippen LogP contribution in [0, 0.1) is 5.92 Å². The largest absolute Gasteiger partial charge is 0.453 e. The Bertz CT molecular complexity index is 243. The Balaban J connectivity index is 4.41. The van der Waals surface area contributed by atoms with E-state index in [0.717, 1.165) is 0 Å². The maximum atomic E-state index is 11.7. The quantitative estimate of drug-likeness (QED) is 0.532. The third-order valence-electron chi connectivity index (χ3n) is 2.08. The lowest BCUT2D eigenvalue weighted by molar-refractivity contribution is -0.153. The highest BCUT2D eigenvalue weighted by Gasteiger charge is 2.26. The predicted molar refractivity (Wildman–Crippen MR) is 58.8 cm³/mol. The van der Waals surface area contributed by atoms with Crippen LogP contribution >= 0.6 is 0 Å². The number of alkyl carbamates (subject to hydrolysis) is 1. The topological polar surface area (TPSA) is 76.7 Å². The minimum atomic E-state index is -0.705. The second-order valence-electron chi connectivity index (χ2n) is 3.73. The summed E-state index contributed by atoms with van der Waals surface area (Å²) in [5.41, 5.74) is 0. The molecule has 0 aliphatic rings. The van der Waals surface area contributed by atoms with Crippen LogP contribution in [0.3, 0.4) is 0 Å². The molecule has 0 heterocycles. The average Bonchev–Trinajstić information content (AvgIpc) is 2.24. The predicted octanol–water partition coefficient (Wildman–Crippen LogP) is 0.476. The van der Waals surface area contributed by atoms with Crippen molar-refractivity contribution in [2.24, 2.45) is 5.92 Å². The van der Waals surface area contributed by atoms with E-state index in [-0.39, 0.29) is 5.92 Å². The molecule has 16 heavy (non-hydrogen) atoms. The van der Waals surface area contributed by atoms with Crippen LogP contribution < -0.4 is 10.6 Å². The molecule has 0 rings (SSSR count). The van der Waals surface area contributed by atoms with Crippen LogP contribution in [0.4, 0.5) is 4.79 Å². The Morgan fingerprint density at radius 3 is 2.12 bits per heavy atom. The molecule has 0 fully saturated rings. The molecule has 1 amide bonds. The van der Waals surface area contributed by atoms with Crippen LogP contribution in [-0.4, -0.2) is 38.5 Å².